The minimum absolute atomic E-state index is 0.102. The number of aromatic nitrogens is 4. The van der Waals surface area contributed by atoms with Crippen molar-refractivity contribution in [3.63, 3.8) is 0 Å². The molecule has 0 bridgehead atoms. The van der Waals surface area contributed by atoms with E-state index in [1.807, 2.05) is 4.68 Å². The third kappa shape index (κ3) is 6.80. The molecule has 0 aliphatic heterocycles. The predicted octanol–water partition coefficient (Wildman–Crippen LogP) is 7.31. The highest BCUT2D eigenvalue weighted by Gasteiger charge is 2.30. The van der Waals surface area contributed by atoms with Crippen LogP contribution in [-0.4, -0.2) is 45.7 Å². The first-order valence-corrected chi connectivity index (χ1v) is 18.8. The van der Waals surface area contributed by atoms with Crippen LogP contribution in [0.3, 0.4) is 0 Å². The van der Waals surface area contributed by atoms with E-state index in [1.54, 1.807) is 12.1 Å². The molecule has 10 heteroatoms. The minimum atomic E-state index is -4.30. The Morgan fingerprint density at radius 2 is 1.18 bits per heavy atom. The Morgan fingerprint density at radius 1 is 0.667 bits per heavy atom. The Morgan fingerprint density at radius 3 is 1.73 bits per heavy atom. The molecule has 1 N–H and O–H groups in total. The molecule has 2 heterocycles. The smallest absolute Gasteiger partial charge is 0.294 e. The van der Waals surface area contributed by atoms with Crippen molar-refractivity contribution in [2.45, 2.75) is 64.3 Å². The summed E-state index contributed by atoms with van der Waals surface area (Å²) in [5.41, 5.74) is 15.4. The monoisotopic (exact) mass is 700 g/mol. The average Bonchev–Trinajstić information content (AvgIpc) is 3.86. The highest BCUT2D eigenvalue weighted by atomic mass is 32.2. The number of aryl methyl sites for hydroxylation is 2. The Kier molecular flexibility index (Phi) is 8.93. The SMILES string of the molecule is Cc1ccc(Cn2nc(COCCCOCc3nn(Cc4ccc(C)cc4)c4c3Cc3cc(S(=O)(=O)O)ccc3-4)c3c2-c2ccccc2C3)cc1. The summed E-state index contributed by atoms with van der Waals surface area (Å²) < 4.78 is 49.8. The van der Waals surface area contributed by atoms with E-state index < -0.39 is 10.1 Å². The van der Waals surface area contributed by atoms with E-state index in [-0.39, 0.29) is 4.90 Å². The molecule has 51 heavy (non-hydrogen) atoms. The predicted molar refractivity (Wildman–Crippen MR) is 195 cm³/mol. The fourth-order valence-electron chi connectivity index (χ4n) is 7.26. The van der Waals surface area contributed by atoms with Crippen LogP contribution in [0.5, 0.6) is 0 Å². The van der Waals surface area contributed by atoms with E-state index in [2.05, 4.69) is 91.3 Å². The minimum Gasteiger partial charge on any atom is -0.375 e. The second kappa shape index (κ2) is 13.7. The molecule has 4 aromatic carbocycles. The molecule has 8 rings (SSSR count). The third-order valence-electron chi connectivity index (χ3n) is 9.86. The number of hydrogen-bond acceptors (Lipinski definition) is 6. The summed E-state index contributed by atoms with van der Waals surface area (Å²) in [6.07, 6.45) is 2.11. The molecule has 0 spiro atoms. The molecule has 0 saturated heterocycles. The maximum Gasteiger partial charge on any atom is 0.294 e. The van der Waals surface area contributed by atoms with Gasteiger partial charge in [0.1, 0.15) is 0 Å². The summed E-state index contributed by atoms with van der Waals surface area (Å²) in [7, 11) is -4.30. The molecular weight excluding hydrogens is 661 g/mol. The maximum absolute atomic E-state index is 11.9. The zero-order valence-corrected chi connectivity index (χ0v) is 29.6. The third-order valence-corrected chi connectivity index (χ3v) is 10.7. The standard InChI is InChI=1S/C41H40N4O5S/c1-27-8-12-29(13-9-27)23-44-40-34-7-4-3-6-31(34)21-36(40)38(42-44)25-49-18-5-19-50-26-39-37-22-32-20-33(51(46,47)48)16-17-35(32)41(37)45(43-39)24-30-14-10-28(2)11-15-30/h3-4,6-17,20H,5,18-19,21-26H2,1-2H3,(H,46,47,48). The van der Waals surface area contributed by atoms with Gasteiger partial charge in [-0.2, -0.15) is 18.6 Å². The van der Waals surface area contributed by atoms with Crippen molar-refractivity contribution in [2.24, 2.45) is 0 Å². The largest absolute Gasteiger partial charge is 0.375 e. The lowest BCUT2D eigenvalue weighted by molar-refractivity contribution is 0.0667. The number of rotatable bonds is 13. The Labute approximate surface area is 298 Å². The van der Waals surface area contributed by atoms with Crippen LogP contribution in [0.15, 0.2) is 95.9 Å². The first kappa shape index (κ1) is 33.3. The quantitative estimate of drug-likeness (QED) is 0.0993. The van der Waals surface area contributed by atoms with Crippen LogP contribution in [-0.2, 0) is 58.7 Å². The van der Waals surface area contributed by atoms with Crippen molar-refractivity contribution >= 4 is 10.1 Å². The number of benzene rings is 4. The molecule has 2 aromatic heterocycles. The lowest BCUT2D eigenvalue weighted by Crippen LogP contribution is -2.07. The summed E-state index contributed by atoms with van der Waals surface area (Å²) >= 11 is 0. The average molecular weight is 701 g/mol. The summed E-state index contributed by atoms with van der Waals surface area (Å²) in [4.78, 5) is -0.102. The molecule has 2 aliphatic rings. The first-order chi connectivity index (χ1) is 24.7. The lowest BCUT2D eigenvalue weighted by atomic mass is 10.1. The highest BCUT2D eigenvalue weighted by molar-refractivity contribution is 7.85. The molecule has 9 nitrogen and oxygen atoms in total. The van der Waals surface area contributed by atoms with E-state index in [0.29, 0.717) is 45.9 Å². The zero-order chi connectivity index (χ0) is 35.1. The van der Waals surface area contributed by atoms with Crippen molar-refractivity contribution < 1.29 is 22.4 Å². The van der Waals surface area contributed by atoms with Crippen molar-refractivity contribution in [1.29, 1.82) is 0 Å². The fourth-order valence-corrected chi connectivity index (χ4v) is 7.79. The van der Waals surface area contributed by atoms with Crippen LogP contribution >= 0.6 is 0 Å². The summed E-state index contributed by atoms with van der Waals surface area (Å²) in [5.74, 6) is 0. The van der Waals surface area contributed by atoms with E-state index in [9.17, 15) is 13.0 Å². The van der Waals surface area contributed by atoms with Crippen molar-refractivity contribution in [1.82, 2.24) is 19.6 Å². The fraction of sp³-hybridized carbons (Fsp3) is 0.268. The number of nitrogens with zero attached hydrogens (tertiary/aromatic N) is 4. The van der Waals surface area contributed by atoms with Gasteiger partial charge in [0.2, 0.25) is 0 Å². The Bertz CT molecular complexity index is 2340. The van der Waals surface area contributed by atoms with Gasteiger partial charge in [-0.25, -0.2) is 0 Å². The molecule has 0 fully saturated rings. The van der Waals surface area contributed by atoms with Crippen LogP contribution in [0.2, 0.25) is 0 Å². The summed E-state index contributed by atoms with van der Waals surface area (Å²) in [6.45, 7) is 7.26. The molecule has 0 atom stereocenters. The molecular formula is C41H40N4O5S. The first-order valence-electron chi connectivity index (χ1n) is 17.3. The summed E-state index contributed by atoms with van der Waals surface area (Å²) in [6, 6.07) is 30.3. The number of ether oxygens (including phenoxy) is 2. The van der Waals surface area contributed by atoms with Crippen molar-refractivity contribution in [3.8, 4) is 22.5 Å². The topological polar surface area (TPSA) is 108 Å². The van der Waals surface area contributed by atoms with Gasteiger partial charge in [-0.1, -0.05) is 90.0 Å². The second-order valence-electron chi connectivity index (χ2n) is 13.6. The van der Waals surface area contributed by atoms with Crippen molar-refractivity contribution in [2.75, 3.05) is 13.2 Å². The maximum atomic E-state index is 11.9. The van der Waals surface area contributed by atoms with Gasteiger partial charge in [0.05, 0.1) is 54.0 Å². The van der Waals surface area contributed by atoms with E-state index in [0.717, 1.165) is 52.2 Å². The number of fused-ring (bicyclic) bond motifs is 6. The normalized spacial score (nSPS) is 12.9. The Balaban J connectivity index is 0.911. The zero-order valence-electron chi connectivity index (χ0n) is 28.8. The van der Waals surface area contributed by atoms with E-state index >= 15 is 0 Å². The van der Waals surface area contributed by atoms with E-state index in [4.69, 9.17) is 19.7 Å². The van der Waals surface area contributed by atoms with Gasteiger partial charge < -0.3 is 9.47 Å². The summed E-state index contributed by atoms with van der Waals surface area (Å²) in [5, 5.41) is 9.99. The molecule has 0 amide bonds. The van der Waals surface area contributed by atoms with Gasteiger partial charge in [-0.05, 0) is 54.7 Å². The Hall–Kier alpha value is -4.87. The molecule has 6 aromatic rings. The van der Waals surface area contributed by atoms with Crippen LogP contribution < -0.4 is 0 Å². The van der Waals surface area contributed by atoms with Gasteiger partial charge in [-0.3, -0.25) is 13.9 Å². The van der Waals surface area contributed by atoms with Gasteiger partial charge in [-0.15, -0.1) is 0 Å². The number of hydrogen-bond donors (Lipinski definition) is 1. The van der Waals surface area contributed by atoms with Gasteiger partial charge in [0.25, 0.3) is 10.1 Å². The van der Waals surface area contributed by atoms with Gasteiger partial charge in [0.15, 0.2) is 0 Å². The lowest BCUT2D eigenvalue weighted by Gasteiger charge is -2.09. The molecule has 260 valence electrons. The molecule has 0 unspecified atom stereocenters. The van der Waals surface area contributed by atoms with Crippen molar-refractivity contribution in [3.05, 3.63) is 147 Å². The van der Waals surface area contributed by atoms with Crippen LogP contribution in [0.1, 0.15) is 62.3 Å². The molecule has 0 saturated carbocycles. The van der Waals surface area contributed by atoms with E-state index in [1.165, 1.54) is 45.1 Å². The van der Waals surface area contributed by atoms with Gasteiger partial charge >= 0.3 is 0 Å². The van der Waals surface area contributed by atoms with Crippen LogP contribution in [0.4, 0.5) is 0 Å². The van der Waals surface area contributed by atoms with Crippen LogP contribution in [0, 0.1) is 13.8 Å². The molecule has 2 aliphatic carbocycles. The van der Waals surface area contributed by atoms with Gasteiger partial charge in [0, 0.05) is 48.3 Å². The molecule has 0 radical (unpaired) electrons. The second-order valence-corrected chi connectivity index (χ2v) is 15.0. The highest BCUT2D eigenvalue weighted by Crippen LogP contribution is 2.41. The van der Waals surface area contributed by atoms with Crippen LogP contribution in [0.25, 0.3) is 22.5 Å².